The average molecular weight is 443 g/mol. The smallest absolute Gasteiger partial charge is 0.251 e. The van der Waals surface area contributed by atoms with Gasteiger partial charge in [-0.25, -0.2) is 0 Å². The Morgan fingerprint density at radius 1 is 1.09 bits per heavy atom. The van der Waals surface area contributed by atoms with Crippen molar-refractivity contribution < 1.29 is 14.3 Å². The summed E-state index contributed by atoms with van der Waals surface area (Å²) >= 11 is 0. The Kier molecular flexibility index (Phi) is 5.10. The predicted molar refractivity (Wildman–Crippen MR) is 128 cm³/mol. The van der Waals surface area contributed by atoms with Gasteiger partial charge >= 0.3 is 0 Å². The average Bonchev–Trinajstić information content (AvgIpc) is 3.39. The summed E-state index contributed by atoms with van der Waals surface area (Å²) in [7, 11) is 0. The summed E-state index contributed by atoms with van der Waals surface area (Å²) in [6.45, 7) is 4.33. The van der Waals surface area contributed by atoms with Crippen LogP contribution in [-0.2, 0) is 16.0 Å². The topological polar surface area (TPSA) is 51.7 Å². The van der Waals surface area contributed by atoms with Gasteiger partial charge < -0.3 is 14.4 Å². The molecule has 0 bridgehead atoms. The van der Waals surface area contributed by atoms with E-state index in [2.05, 4.69) is 49.4 Å². The molecule has 4 heterocycles. The maximum Gasteiger partial charge on any atom is 0.251 e. The summed E-state index contributed by atoms with van der Waals surface area (Å²) in [6, 6.07) is 15.1. The first-order valence-electron chi connectivity index (χ1n) is 12.2. The lowest BCUT2D eigenvalue weighted by molar-refractivity contribution is -0.144. The summed E-state index contributed by atoms with van der Waals surface area (Å²) in [5, 5.41) is 1.17. The van der Waals surface area contributed by atoms with E-state index in [1.54, 1.807) is 0 Å². The monoisotopic (exact) mass is 442 g/mol. The Morgan fingerprint density at radius 2 is 1.97 bits per heavy atom. The molecule has 1 spiro atoms. The molecule has 0 radical (unpaired) electrons. The molecule has 3 aliphatic heterocycles. The Hall–Kier alpha value is -2.92. The van der Waals surface area contributed by atoms with Gasteiger partial charge in [-0.2, -0.15) is 0 Å². The van der Waals surface area contributed by atoms with Crippen LogP contribution >= 0.6 is 0 Å². The maximum absolute atomic E-state index is 12.7. The van der Waals surface area contributed by atoms with Gasteiger partial charge in [0.1, 0.15) is 17.5 Å². The van der Waals surface area contributed by atoms with Crippen molar-refractivity contribution in [3.05, 3.63) is 59.8 Å². The molecule has 3 aromatic rings. The second kappa shape index (κ2) is 8.14. The molecule has 170 valence electrons. The van der Waals surface area contributed by atoms with E-state index in [1.807, 2.05) is 11.1 Å². The highest BCUT2D eigenvalue weighted by Gasteiger charge is 2.41. The summed E-state index contributed by atoms with van der Waals surface area (Å²) in [5.74, 6) is 1.16. The molecule has 33 heavy (non-hydrogen) atoms. The van der Waals surface area contributed by atoms with E-state index >= 15 is 0 Å². The van der Waals surface area contributed by atoms with E-state index in [9.17, 15) is 4.79 Å². The largest absolute Gasteiger partial charge is 0.487 e. The first-order valence-corrected chi connectivity index (χ1v) is 12.2. The van der Waals surface area contributed by atoms with E-state index < -0.39 is 0 Å². The molecular formula is C28H30N2O3. The fourth-order valence-electron chi connectivity index (χ4n) is 5.63. The molecule has 1 amide bonds. The third-order valence-electron chi connectivity index (χ3n) is 7.67. The summed E-state index contributed by atoms with van der Waals surface area (Å²) in [6.07, 6.45) is 7.39. The molecule has 0 saturated carbocycles. The lowest BCUT2D eigenvalue weighted by atomic mass is 9.82. The molecule has 1 aromatic heterocycles. The van der Waals surface area contributed by atoms with Crippen LogP contribution in [-0.4, -0.2) is 47.2 Å². The molecule has 3 aliphatic rings. The van der Waals surface area contributed by atoms with Gasteiger partial charge in [0.15, 0.2) is 0 Å². The summed E-state index contributed by atoms with van der Waals surface area (Å²) < 4.78 is 12.2. The van der Waals surface area contributed by atoms with Crippen LogP contribution < -0.4 is 4.74 Å². The van der Waals surface area contributed by atoms with Crippen LogP contribution in [0.2, 0.25) is 0 Å². The fraction of sp³-hybridized carbons (Fsp3) is 0.429. The van der Waals surface area contributed by atoms with Gasteiger partial charge in [0.25, 0.3) is 5.91 Å². The second-order valence-electron chi connectivity index (χ2n) is 9.81. The Morgan fingerprint density at radius 3 is 2.79 bits per heavy atom. The zero-order chi connectivity index (χ0) is 22.4. The Balaban J connectivity index is 1.17. The maximum atomic E-state index is 12.7. The van der Waals surface area contributed by atoms with Crippen molar-refractivity contribution in [2.24, 2.45) is 0 Å². The van der Waals surface area contributed by atoms with Crippen LogP contribution in [0.1, 0.15) is 43.2 Å². The van der Waals surface area contributed by atoms with Crippen molar-refractivity contribution in [1.29, 1.82) is 0 Å². The fourth-order valence-corrected chi connectivity index (χ4v) is 5.63. The quantitative estimate of drug-likeness (QED) is 0.556. The standard InChI is InChI=1S/C28H30N2O3/c1-19-4-2-5-22-17-23(18-29-26(19)22)20-7-8-24-21(16-20)9-10-28(33-24)11-13-30(14-12-28)27(31)25-6-3-15-32-25/h2,4-5,7-8,16-18,25H,3,6,9-15H2,1H3/t25-/m1/s1. The van der Waals surface area contributed by atoms with E-state index in [1.165, 1.54) is 22.1 Å². The lowest BCUT2D eigenvalue weighted by Crippen LogP contribution is -2.52. The number of benzene rings is 2. The van der Waals surface area contributed by atoms with Gasteiger partial charge in [-0.3, -0.25) is 9.78 Å². The molecular weight excluding hydrogens is 412 g/mol. The molecule has 6 rings (SSSR count). The Bertz CT molecular complexity index is 1210. The van der Waals surface area contributed by atoms with Gasteiger partial charge in [-0.1, -0.05) is 24.3 Å². The number of hydrogen-bond acceptors (Lipinski definition) is 4. The number of fused-ring (bicyclic) bond motifs is 2. The van der Waals surface area contributed by atoms with Gasteiger partial charge in [-0.05, 0) is 67.5 Å². The summed E-state index contributed by atoms with van der Waals surface area (Å²) in [5.41, 5.74) is 5.70. The van der Waals surface area contributed by atoms with E-state index in [-0.39, 0.29) is 17.6 Å². The van der Waals surface area contributed by atoms with Crippen LogP contribution in [0.3, 0.4) is 0 Å². The highest BCUT2D eigenvalue weighted by atomic mass is 16.5. The second-order valence-corrected chi connectivity index (χ2v) is 9.81. The minimum atomic E-state index is -0.223. The molecule has 0 aliphatic carbocycles. The van der Waals surface area contributed by atoms with Crippen LogP contribution in [0.4, 0.5) is 0 Å². The number of aromatic nitrogens is 1. The molecule has 2 fully saturated rings. The number of hydrogen-bond donors (Lipinski definition) is 0. The highest BCUT2D eigenvalue weighted by Crippen LogP contribution is 2.41. The number of pyridine rings is 1. The van der Waals surface area contributed by atoms with E-state index in [0.29, 0.717) is 6.61 Å². The molecule has 2 aromatic carbocycles. The van der Waals surface area contributed by atoms with Crippen molar-refractivity contribution >= 4 is 16.8 Å². The number of amides is 1. The number of likely N-dealkylation sites (tertiary alicyclic amines) is 1. The van der Waals surface area contributed by atoms with Crippen molar-refractivity contribution in [2.75, 3.05) is 19.7 Å². The van der Waals surface area contributed by atoms with Gasteiger partial charge in [0.05, 0.1) is 5.52 Å². The van der Waals surface area contributed by atoms with E-state index in [0.717, 1.165) is 68.4 Å². The predicted octanol–water partition coefficient (Wildman–Crippen LogP) is 5.08. The van der Waals surface area contributed by atoms with Crippen LogP contribution in [0.5, 0.6) is 5.75 Å². The molecule has 5 heteroatoms. The van der Waals surface area contributed by atoms with Crippen molar-refractivity contribution in [3.8, 4) is 16.9 Å². The zero-order valence-electron chi connectivity index (χ0n) is 19.2. The van der Waals surface area contributed by atoms with Crippen LogP contribution in [0.25, 0.3) is 22.0 Å². The SMILES string of the molecule is Cc1cccc2cc(-c3ccc4c(c3)CCC3(CCN(C(=O)[C@H]5CCCO5)CC3)O4)cnc12. The van der Waals surface area contributed by atoms with Crippen molar-refractivity contribution in [2.45, 2.75) is 57.2 Å². The number of carbonyl (C=O) groups is 1. The minimum Gasteiger partial charge on any atom is -0.487 e. The van der Waals surface area contributed by atoms with Gasteiger partial charge in [0.2, 0.25) is 0 Å². The summed E-state index contributed by atoms with van der Waals surface area (Å²) in [4.78, 5) is 19.4. The first-order chi connectivity index (χ1) is 16.1. The first kappa shape index (κ1) is 20.7. The van der Waals surface area contributed by atoms with Crippen molar-refractivity contribution in [3.63, 3.8) is 0 Å². The molecule has 2 saturated heterocycles. The van der Waals surface area contributed by atoms with Gasteiger partial charge in [0, 0.05) is 49.7 Å². The number of rotatable bonds is 2. The number of carbonyl (C=O) groups excluding carboxylic acids is 1. The molecule has 0 N–H and O–H groups in total. The highest BCUT2D eigenvalue weighted by molar-refractivity contribution is 5.86. The molecule has 5 nitrogen and oxygen atoms in total. The number of aryl methyl sites for hydroxylation is 2. The number of nitrogens with zero attached hydrogens (tertiary/aromatic N) is 2. The zero-order valence-corrected chi connectivity index (χ0v) is 19.2. The van der Waals surface area contributed by atoms with Gasteiger partial charge in [-0.15, -0.1) is 0 Å². The number of piperidine rings is 1. The normalized spacial score (nSPS) is 21.7. The number of ether oxygens (including phenoxy) is 2. The third-order valence-corrected chi connectivity index (χ3v) is 7.67. The molecule has 1 atom stereocenters. The lowest BCUT2D eigenvalue weighted by Gasteiger charge is -2.45. The number of para-hydroxylation sites is 1. The van der Waals surface area contributed by atoms with E-state index in [4.69, 9.17) is 14.5 Å². The minimum absolute atomic E-state index is 0.149. The van der Waals surface area contributed by atoms with Crippen LogP contribution in [0, 0.1) is 6.92 Å². The molecule has 0 unspecified atom stereocenters. The van der Waals surface area contributed by atoms with Crippen molar-refractivity contribution in [1.82, 2.24) is 9.88 Å². The third kappa shape index (κ3) is 3.78. The Labute approximate surface area is 194 Å². The van der Waals surface area contributed by atoms with Crippen LogP contribution in [0.15, 0.2) is 48.7 Å².